The Morgan fingerprint density at radius 1 is 0.714 bits per heavy atom. The van der Waals surface area contributed by atoms with E-state index in [-0.39, 0.29) is 11.1 Å². The van der Waals surface area contributed by atoms with Gasteiger partial charge in [0.05, 0.1) is 0 Å². The molecule has 2 fully saturated rings. The van der Waals surface area contributed by atoms with E-state index in [9.17, 15) is 0 Å². The zero-order valence-corrected chi connectivity index (χ0v) is 14.5. The molecule has 9 heteroatoms. The third kappa shape index (κ3) is 4.54. The van der Waals surface area contributed by atoms with E-state index in [1.807, 2.05) is 0 Å². The molecule has 120 valence electrons. The Balaban J connectivity index is 2.07. The first-order chi connectivity index (χ1) is 10.0. The van der Waals surface area contributed by atoms with Gasteiger partial charge in [0.2, 0.25) is 0 Å². The van der Waals surface area contributed by atoms with Crippen LogP contribution in [-0.2, 0) is 27.3 Å². The highest BCUT2D eigenvalue weighted by atomic mass is 28.4. The van der Waals surface area contributed by atoms with Crippen molar-refractivity contribution in [3.8, 4) is 0 Å². The van der Waals surface area contributed by atoms with Crippen molar-refractivity contribution in [2.24, 2.45) is 0 Å². The molecule has 0 amide bonds. The van der Waals surface area contributed by atoms with Gasteiger partial charge in [-0.1, -0.05) is 27.7 Å². The Morgan fingerprint density at radius 2 is 1.05 bits per heavy atom. The third-order valence-corrected chi connectivity index (χ3v) is 8.10. The van der Waals surface area contributed by atoms with Crippen molar-refractivity contribution in [2.75, 3.05) is 26.4 Å². The fraction of sp³-hybridized carbons (Fsp3) is 1.00. The maximum atomic E-state index is 6.22. The number of hydrogen-bond acceptors (Lipinski definition) is 6. The molecule has 2 heterocycles. The van der Waals surface area contributed by atoms with Crippen molar-refractivity contribution in [1.29, 1.82) is 0 Å². The Morgan fingerprint density at radius 3 is 1.33 bits per heavy atom. The van der Waals surface area contributed by atoms with Crippen molar-refractivity contribution in [3.63, 3.8) is 0 Å². The summed E-state index contributed by atoms with van der Waals surface area (Å²) in [6.07, 6.45) is 1.79. The summed E-state index contributed by atoms with van der Waals surface area (Å²) in [6.45, 7) is 11.1. The Bertz CT molecular complexity index is 278. The standard InChI is InChI=1S/C12H26B2O6Si/c1-11(2)21(12(3)4,19-13-15-7-5-8-16-13)20-14-17-9-6-10-18-14/h11-12H,5-10H2,1-4H3. The normalized spacial score (nSPS) is 21.4. The first-order valence-electron chi connectivity index (χ1n) is 7.86. The molecule has 0 aromatic rings. The van der Waals surface area contributed by atoms with Gasteiger partial charge in [-0.2, -0.15) is 0 Å². The molecular formula is C12H26B2O6Si. The van der Waals surface area contributed by atoms with Crippen molar-refractivity contribution in [3.05, 3.63) is 0 Å². The second-order valence-corrected chi connectivity index (χ2v) is 10.3. The van der Waals surface area contributed by atoms with Crippen LogP contribution in [0.2, 0.25) is 11.1 Å². The summed E-state index contributed by atoms with van der Waals surface area (Å²) < 4.78 is 34.6. The molecule has 0 N–H and O–H groups in total. The highest BCUT2D eigenvalue weighted by molar-refractivity contribution is 6.79. The van der Waals surface area contributed by atoms with E-state index in [1.54, 1.807) is 0 Å². The molecule has 21 heavy (non-hydrogen) atoms. The molecular weight excluding hydrogens is 290 g/mol. The minimum absolute atomic E-state index is 0.223. The van der Waals surface area contributed by atoms with Crippen LogP contribution in [0.15, 0.2) is 0 Å². The van der Waals surface area contributed by atoms with Crippen LogP contribution in [0.5, 0.6) is 0 Å². The van der Waals surface area contributed by atoms with Gasteiger partial charge in [-0.05, 0) is 23.9 Å². The molecule has 2 rings (SSSR count). The van der Waals surface area contributed by atoms with Gasteiger partial charge in [0.15, 0.2) is 0 Å². The quantitative estimate of drug-likeness (QED) is 0.700. The van der Waals surface area contributed by atoms with E-state index >= 15 is 0 Å². The van der Waals surface area contributed by atoms with Crippen LogP contribution in [0.1, 0.15) is 40.5 Å². The van der Waals surface area contributed by atoms with Crippen LogP contribution >= 0.6 is 0 Å². The Hall–Kier alpha value is 0.107. The maximum Gasteiger partial charge on any atom is 0.630 e. The fourth-order valence-electron chi connectivity index (χ4n) is 2.61. The summed E-state index contributed by atoms with van der Waals surface area (Å²) in [4.78, 5) is 0. The molecule has 0 saturated carbocycles. The van der Waals surface area contributed by atoms with E-state index in [4.69, 9.17) is 27.3 Å². The second-order valence-electron chi connectivity index (χ2n) is 6.03. The van der Waals surface area contributed by atoms with Crippen molar-refractivity contribution in [2.45, 2.75) is 51.6 Å². The van der Waals surface area contributed by atoms with E-state index in [0.29, 0.717) is 26.4 Å². The SMILES string of the molecule is CC(C)[Si](OB1OCCCO1)(OB1OCCCO1)C(C)C. The summed E-state index contributed by atoms with van der Waals surface area (Å²) in [5.74, 6) is 0. The fourth-order valence-corrected chi connectivity index (χ4v) is 5.96. The van der Waals surface area contributed by atoms with Gasteiger partial charge in [-0.3, -0.25) is 0 Å². The van der Waals surface area contributed by atoms with Crippen LogP contribution in [0.25, 0.3) is 0 Å². The van der Waals surface area contributed by atoms with Gasteiger partial charge in [-0.15, -0.1) is 0 Å². The first-order valence-corrected chi connectivity index (χ1v) is 9.84. The van der Waals surface area contributed by atoms with Crippen LogP contribution in [0.4, 0.5) is 0 Å². The Labute approximate surface area is 129 Å². The molecule has 0 atom stereocenters. The lowest BCUT2D eigenvalue weighted by atomic mass is 10.2. The maximum absolute atomic E-state index is 6.22. The zero-order chi connectivity index (χ0) is 15.3. The topological polar surface area (TPSA) is 55.4 Å². The van der Waals surface area contributed by atoms with E-state index in [2.05, 4.69) is 27.7 Å². The molecule has 0 aromatic heterocycles. The van der Waals surface area contributed by atoms with Gasteiger partial charge in [0, 0.05) is 26.4 Å². The molecule has 2 aliphatic rings. The van der Waals surface area contributed by atoms with Crippen molar-refractivity contribution >= 4 is 23.2 Å². The molecule has 0 radical (unpaired) electrons. The number of rotatable bonds is 6. The van der Waals surface area contributed by atoms with Gasteiger partial charge < -0.3 is 27.3 Å². The first kappa shape index (κ1) is 17.5. The predicted octanol–water partition coefficient (Wildman–Crippen LogP) is 2.13. The monoisotopic (exact) mass is 316 g/mol. The highest BCUT2D eigenvalue weighted by Gasteiger charge is 2.52. The summed E-state index contributed by atoms with van der Waals surface area (Å²) in [7, 11) is -3.91. The van der Waals surface area contributed by atoms with Crippen molar-refractivity contribution in [1.82, 2.24) is 0 Å². The third-order valence-electron chi connectivity index (χ3n) is 3.76. The molecule has 6 nitrogen and oxygen atoms in total. The molecule has 2 aliphatic heterocycles. The van der Waals surface area contributed by atoms with Crippen molar-refractivity contribution < 1.29 is 27.3 Å². The van der Waals surface area contributed by atoms with Crippen LogP contribution < -0.4 is 0 Å². The van der Waals surface area contributed by atoms with E-state index < -0.39 is 23.2 Å². The zero-order valence-electron chi connectivity index (χ0n) is 13.5. The molecule has 0 unspecified atom stereocenters. The summed E-state index contributed by atoms with van der Waals surface area (Å²) in [5.41, 5.74) is 0.446. The molecule has 0 spiro atoms. The van der Waals surface area contributed by atoms with Crippen LogP contribution in [-0.4, -0.2) is 49.6 Å². The van der Waals surface area contributed by atoms with Crippen LogP contribution in [0, 0.1) is 0 Å². The highest BCUT2D eigenvalue weighted by Crippen LogP contribution is 2.36. The molecule has 0 aromatic carbocycles. The lowest BCUT2D eigenvalue weighted by molar-refractivity contribution is 0.0574. The van der Waals surface area contributed by atoms with Gasteiger partial charge in [0.25, 0.3) is 0 Å². The average molecular weight is 316 g/mol. The van der Waals surface area contributed by atoms with Gasteiger partial charge >= 0.3 is 23.2 Å². The summed E-state index contributed by atoms with van der Waals surface area (Å²) in [5, 5.41) is 0. The molecule has 0 bridgehead atoms. The molecule has 2 saturated heterocycles. The second kappa shape index (κ2) is 8.10. The lowest BCUT2D eigenvalue weighted by Gasteiger charge is -2.41. The number of hydrogen-bond donors (Lipinski definition) is 0. The summed E-state index contributed by atoms with van der Waals surface area (Å²) >= 11 is 0. The minimum Gasteiger partial charge on any atom is -0.407 e. The van der Waals surface area contributed by atoms with Crippen LogP contribution in [0.3, 0.4) is 0 Å². The van der Waals surface area contributed by atoms with Gasteiger partial charge in [0.1, 0.15) is 0 Å². The predicted molar refractivity (Wildman–Crippen MR) is 82.7 cm³/mol. The van der Waals surface area contributed by atoms with Gasteiger partial charge in [-0.25, -0.2) is 0 Å². The smallest absolute Gasteiger partial charge is 0.407 e. The average Bonchev–Trinajstić information content (AvgIpc) is 2.48. The van der Waals surface area contributed by atoms with E-state index in [0.717, 1.165) is 12.8 Å². The molecule has 0 aliphatic carbocycles. The largest absolute Gasteiger partial charge is 0.630 e. The lowest BCUT2D eigenvalue weighted by Crippen LogP contribution is -2.58. The summed E-state index contributed by atoms with van der Waals surface area (Å²) in [6, 6.07) is 0. The minimum atomic E-state index is -2.63. The Kier molecular flexibility index (Phi) is 6.73. The van der Waals surface area contributed by atoms with E-state index in [1.165, 1.54) is 0 Å².